The third-order valence-electron chi connectivity index (χ3n) is 3.30. The largest absolute Gasteiger partial charge is 0.507 e. The Hall–Kier alpha value is -1.45. The first-order valence-corrected chi connectivity index (χ1v) is 10.2. The summed E-state index contributed by atoms with van der Waals surface area (Å²) in [5, 5.41) is 20.6. The zero-order valence-electron chi connectivity index (χ0n) is 13.3. The quantitative estimate of drug-likeness (QED) is 0.307. The van der Waals surface area contributed by atoms with Gasteiger partial charge in [0.25, 0.3) is 0 Å². The number of carbonyl (C=O) groups excluding carboxylic acids is 1. The van der Waals surface area contributed by atoms with Gasteiger partial charge in [-0.05, 0) is 30.3 Å². The van der Waals surface area contributed by atoms with Crippen LogP contribution in [0.3, 0.4) is 0 Å². The SMILES string of the molecule is O=C(CSc1n[nH]c(-c2cc(Br)ccc2O)n1)Nc1cc(Cl)c(Cl)cc1Cl. The highest BCUT2D eigenvalue weighted by molar-refractivity contribution is 9.10. The van der Waals surface area contributed by atoms with E-state index in [2.05, 4.69) is 36.4 Å². The van der Waals surface area contributed by atoms with Crippen LogP contribution in [0.25, 0.3) is 11.4 Å². The molecule has 140 valence electrons. The average molecular weight is 509 g/mol. The molecule has 3 aromatic rings. The Bertz CT molecular complexity index is 1020. The Balaban J connectivity index is 1.64. The fourth-order valence-electron chi connectivity index (χ4n) is 2.06. The molecule has 6 nitrogen and oxygen atoms in total. The number of hydrogen-bond donors (Lipinski definition) is 3. The van der Waals surface area contributed by atoms with Crippen LogP contribution in [-0.4, -0.2) is 31.9 Å². The molecule has 11 heteroatoms. The molecule has 0 unspecified atom stereocenters. The summed E-state index contributed by atoms with van der Waals surface area (Å²) in [6.07, 6.45) is 0. The topological polar surface area (TPSA) is 90.9 Å². The molecule has 0 bridgehead atoms. The van der Waals surface area contributed by atoms with E-state index in [-0.39, 0.29) is 27.5 Å². The van der Waals surface area contributed by atoms with E-state index in [1.807, 2.05) is 0 Å². The van der Waals surface area contributed by atoms with Gasteiger partial charge in [-0.2, -0.15) is 0 Å². The molecule has 1 heterocycles. The standard InChI is InChI=1S/C16H10BrCl3N4O2S/c17-7-1-2-13(25)8(3-7)15-22-16(24-23-15)27-6-14(26)21-12-5-10(19)9(18)4-11(12)20/h1-5,25H,6H2,(H,21,26)(H,22,23,24). The maximum atomic E-state index is 12.1. The predicted octanol–water partition coefficient (Wildman–Crippen LogP) is 5.63. The van der Waals surface area contributed by atoms with Crippen LogP contribution in [0.1, 0.15) is 0 Å². The molecule has 3 rings (SSSR count). The van der Waals surface area contributed by atoms with Crippen molar-refractivity contribution in [3.8, 4) is 17.1 Å². The molecule has 0 aliphatic rings. The number of aromatic hydroxyl groups is 1. The Morgan fingerprint density at radius 1 is 1.19 bits per heavy atom. The number of aromatic amines is 1. The Kier molecular flexibility index (Phi) is 6.54. The van der Waals surface area contributed by atoms with Crippen molar-refractivity contribution in [3.63, 3.8) is 0 Å². The Morgan fingerprint density at radius 3 is 2.70 bits per heavy atom. The van der Waals surface area contributed by atoms with E-state index in [9.17, 15) is 9.90 Å². The van der Waals surface area contributed by atoms with Gasteiger partial charge in [0.05, 0.1) is 32.1 Å². The van der Waals surface area contributed by atoms with Gasteiger partial charge in [-0.15, -0.1) is 5.10 Å². The lowest BCUT2D eigenvalue weighted by atomic mass is 10.2. The molecule has 0 saturated heterocycles. The highest BCUT2D eigenvalue weighted by Crippen LogP contribution is 2.33. The minimum atomic E-state index is -0.308. The summed E-state index contributed by atoms with van der Waals surface area (Å²) in [6, 6.07) is 7.91. The van der Waals surface area contributed by atoms with Crippen LogP contribution in [0, 0.1) is 0 Å². The maximum absolute atomic E-state index is 12.1. The molecule has 1 aromatic heterocycles. The van der Waals surface area contributed by atoms with Crippen LogP contribution in [0.4, 0.5) is 5.69 Å². The Labute approximate surface area is 181 Å². The second-order valence-electron chi connectivity index (χ2n) is 5.21. The van der Waals surface area contributed by atoms with Crippen molar-refractivity contribution in [3.05, 3.63) is 49.9 Å². The smallest absolute Gasteiger partial charge is 0.234 e. The molecular weight excluding hydrogens is 499 g/mol. The van der Waals surface area contributed by atoms with Gasteiger partial charge in [0.2, 0.25) is 11.1 Å². The van der Waals surface area contributed by atoms with Crippen molar-refractivity contribution >= 4 is 74.1 Å². The number of thioether (sulfide) groups is 1. The summed E-state index contributed by atoms with van der Waals surface area (Å²) in [4.78, 5) is 16.4. The molecule has 27 heavy (non-hydrogen) atoms. The van der Waals surface area contributed by atoms with E-state index in [1.165, 1.54) is 12.1 Å². The molecule has 0 saturated carbocycles. The highest BCUT2D eigenvalue weighted by Gasteiger charge is 2.14. The number of amides is 1. The van der Waals surface area contributed by atoms with E-state index in [0.717, 1.165) is 16.2 Å². The van der Waals surface area contributed by atoms with Crippen molar-refractivity contribution in [1.29, 1.82) is 0 Å². The molecular formula is C16H10BrCl3N4O2S. The van der Waals surface area contributed by atoms with Gasteiger partial charge >= 0.3 is 0 Å². The van der Waals surface area contributed by atoms with Crippen molar-refractivity contribution < 1.29 is 9.90 Å². The fraction of sp³-hybridized carbons (Fsp3) is 0.0625. The summed E-state index contributed by atoms with van der Waals surface area (Å²) in [6.45, 7) is 0. The van der Waals surface area contributed by atoms with E-state index >= 15 is 0 Å². The van der Waals surface area contributed by atoms with E-state index in [1.54, 1.807) is 18.2 Å². The van der Waals surface area contributed by atoms with Gasteiger partial charge < -0.3 is 10.4 Å². The van der Waals surface area contributed by atoms with Crippen LogP contribution in [0.2, 0.25) is 15.1 Å². The van der Waals surface area contributed by atoms with Crippen molar-refractivity contribution in [2.24, 2.45) is 0 Å². The van der Waals surface area contributed by atoms with Gasteiger partial charge in [0, 0.05) is 4.47 Å². The number of anilines is 1. The van der Waals surface area contributed by atoms with Crippen LogP contribution in [0.15, 0.2) is 40.0 Å². The molecule has 0 atom stereocenters. The number of benzene rings is 2. The number of H-pyrrole nitrogens is 1. The first-order valence-electron chi connectivity index (χ1n) is 7.32. The molecule has 1 amide bonds. The molecule has 0 aliphatic heterocycles. The molecule has 2 aromatic carbocycles. The zero-order chi connectivity index (χ0) is 19.6. The van der Waals surface area contributed by atoms with Crippen LogP contribution < -0.4 is 5.32 Å². The van der Waals surface area contributed by atoms with E-state index in [4.69, 9.17) is 34.8 Å². The van der Waals surface area contributed by atoms with Crippen molar-refractivity contribution in [1.82, 2.24) is 15.2 Å². The van der Waals surface area contributed by atoms with Gasteiger partial charge in [-0.25, -0.2) is 4.98 Å². The lowest BCUT2D eigenvalue weighted by Gasteiger charge is -2.08. The van der Waals surface area contributed by atoms with Crippen LogP contribution in [-0.2, 0) is 4.79 Å². The number of halogens is 4. The fourth-order valence-corrected chi connectivity index (χ4v) is 3.62. The molecule has 0 fully saturated rings. The second kappa shape index (κ2) is 8.70. The summed E-state index contributed by atoms with van der Waals surface area (Å²) in [5.41, 5.74) is 0.863. The van der Waals surface area contributed by atoms with Crippen LogP contribution in [0.5, 0.6) is 5.75 Å². The minimum absolute atomic E-state index is 0.0539. The number of rotatable bonds is 5. The zero-order valence-corrected chi connectivity index (χ0v) is 17.9. The average Bonchev–Trinajstić information content (AvgIpc) is 3.09. The molecule has 0 spiro atoms. The van der Waals surface area contributed by atoms with Gasteiger partial charge in [0.15, 0.2) is 5.82 Å². The van der Waals surface area contributed by atoms with Crippen LogP contribution >= 0.6 is 62.5 Å². The normalized spacial score (nSPS) is 10.8. The molecule has 3 N–H and O–H groups in total. The van der Waals surface area contributed by atoms with Crippen molar-refractivity contribution in [2.45, 2.75) is 5.16 Å². The predicted molar refractivity (Wildman–Crippen MR) is 112 cm³/mol. The summed E-state index contributed by atoms with van der Waals surface area (Å²) in [7, 11) is 0. The minimum Gasteiger partial charge on any atom is -0.507 e. The number of nitrogens with one attached hydrogen (secondary N) is 2. The first kappa shape index (κ1) is 20.3. The van der Waals surface area contributed by atoms with E-state index < -0.39 is 0 Å². The maximum Gasteiger partial charge on any atom is 0.234 e. The van der Waals surface area contributed by atoms with Gasteiger partial charge in [0.1, 0.15) is 5.75 Å². The molecule has 0 aliphatic carbocycles. The molecule has 0 radical (unpaired) electrons. The first-order chi connectivity index (χ1) is 12.8. The third kappa shape index (κ3) is 5.08. The Morgan fingerprint density at radius 2 is 1.93 bits per heavy atom. The number of aromatic nitrogens is 3. The van der Waals surface area contributed by atoms with E-state index in [0.29, 0.717) is 27.3 Å². The lowest BCUT2D eigenvalue weighted by Crippen LogP contribution is -2.14. The summed E-state index contributed by atoms with van der Waals surface area (Å²) >= 11 is 22.3. The number of carbonyl (C=O) groups is 1. The number of nitrogens with zero attached hydrogens (tertiary/aromatic N) is 2. The third-order valence-corrected chi connectivity index (χ3v) is 5.67. The monoisotopic (exact) mass is 506 g/mol. The summed E-state index contributed by atoms with van der Waals surface area (Å²) < 4.78 is 0.791. The van der Waals surface area contributed by atoms with Gasteiger partial charge in [-0.1, -0.05) is 62.5 Å². The number of phenols is 1. The van der Waals surface area contributed by atoms with Crippen molar-refractivity contribution in [2.75, 3.05) is 11.1 Å². The summed E-state index contributed by atoms with van der Waals surface area (Å²) in [5.74, 6) is 0.206. The lowest BCUT2D eigenvalue weighted by molar-refractivity contribution is -0.113. The second-order valence-corrected chi connectivity index (χ2v) is 8.29. The number of hydrogen-bond acceptors (Lipinski definition) is 5. The number of phenolic OH excluding ortho intramolecular Hbond substituents is 1. The van der Waals surface area contributed by atoms with Gasteiger partial charge in [-0.3, -0.25) is 9.89 Å². The highest BCUT2D eigenvalue weighted by atomic mass is 79.9.